The molecule has 110 valence electrons. The Bertz CT molecular complexity index is 520. The maximum atomic E-state index is 12.3. The standard InChI is InChI=1S/C12H24N4O2S/c1-5-7-12(3,4)15-19(17,18)10-9-16(8-6-2)14-11(10)13/h9,15H,5-8H2,1-4H3,(H2,13,14). The first-order chi connectivity index (χ1) is 8.72. The van der Waals surface area contributed by atoms with Crippen LogP contribution in [-0.4, -0.2) is 23.7 Å². The molecule has 0 aliphatic rings. The number of nitrogens with zero attached hydrogens (tertiary/aromatic N) is 2. The van der Waals surface area contributed by atoms with Gasteiger partial charge in [0.1, 0.15) is 4.90 Å². The van der Waals surface area contributed by atoms with E-state index in [0.717, 1.165) is 19.3 Å². The smallest absolute Gasteiger partial charge is 0.246 e. The lowest BCUT2D eigenvalue weighted by Gasteiger charge is -2.25. The van der Waals surface area contributed by atoms with Gasteiger partial charge in [0, 0.05) is 18.3 Å². The van der Waals surface area contributed by atoms with Crippen LogP contribution in [0.1, 0.15) is 47.0 Å². The molecule has 1 heterocycles. The van der Waals surface area contributed by atoms with Crippen LogP contribution in [0.4, 0.5) is 5.82 Å². The van der Waals surface area contributed by atoms with E-state index in [4.69, 9.17) is 5.73 Å². The Balaban J connectivity index is 3.00. The summed E-state index contributed by atoms with van der Waals surface area (Å²) in [4.78, 5) is 0.0603. The van der Waals surface area contributed by atoms with Gasteiger partial charge in [-0.1, -0.05) is 20.3 Å². The molecule has 0 saturated heterocycles. The van der Waals surface area contributed by atoms with E-state index in [1.807, 2.05) is 27.7 Å². The second-order valence-electron chi connectivity index (χ2n) is 5.38. The molecule has 0 fully saturated rings. The van der Waals surface area contributed by atoms with Gasteiger partial charge >= 0.3 is 0 Å². The fraction of sp³-hybridized carbons (Fsp3) is 0.750. The summed E-state index contributed by atoms with van der Waals surface area (Å²) in [5, 5.41) is 4.02. The van der Waals surface area contributed by atoms with Crippen molar-refractivity contribution in [3.63, 3.8) is 0 Å². The Labute approximate surface area is 115 Å². The van der Waals surface area contributed by atoms with Gasteiger partial charge < -0.3 is 5.73 Å². The number of hydrogen-bond acceptors (Lipinski definition) is 4. The van der Waals surface area contributed by atoms with Crippen LogP contribution in [-0.2, 0) is 16.6 Å². The first-order valence-corrected chi connectivity index (χ1v) is 8.07. The molecule has 0 bridgehead atoms. The Morgan fingerprint density at radius 2 is 2.00 bits per heavy atom. The molecule has 7 heteroatoms. The van der Waals surface area contributed by atoms with Gasteiger partial charge in [0.2, 0.25) is 10.0 Å². The molecule has 0 unspecified atom stereocenters. The molecule has 6 nitrogen and oxygen atoms in total. The third kappa shape index (κ3) is 4.21. The van der Waals surface area contributed by atoms with E-state index in [2.05, 4.69) is 9.82 Å². The van der Waals surface area contributed by atoms with Crippen molar-refractivity contribution in [2.45, 2.75) is 63.9 Å². The summed E-state index contributed by atoms with van der Waals surface area (Å²) in [7, 11) is -3.63. The molecule has 0 aliphatic heterocycles. The fourth-order valence-corrected chi connectivity index (χ4v) is 3.58. The average Bonchev–Trinajstić information content (AvgIpc) is 2.59. The zero-order valence-corrected chi connectivity index (χ0v) is 12.9. The van der Waals surface area contributed by atoms with Gasteiger partial charge in [-0.2, -0.15) is 5.10 Å². The largest absolute Gasteiger partial charge is 0.381 e. The molecule has 1 aromatic heterocycles. The molecule has 0 aromatic carbocycles. The van der Waals surface area contributed by atoms with Crippen LogP contribution < -0.4 is 10.5 Å². The summed E-state index contributed by atoms with van der Waals surface area (Å²) >= 11 is 0. The predicted molar refractivity (Wildman–Crippen MR) is 76.2 cm³/mol. The van der Waals surface area contributed by atoms with Crippen LogP contribution >= 0.6 is 0 Å². The van der Waals surface area contributed by atoms with E-state index in [1.165, 1.54) is 6.20 Å². The molecule has 1 rings (SSSR count). The zero-order chi connectivity index (χ0) is 14.7. The number of nitrogens with one attached hydrogen (secondary N) is 1. The maximum absolute atomic E-state index is 12.3. The fourth-order valence-electron chi connectivity index (χ4n) is 2.06. The van der Waals surface area contributed by atoms with Crippen LogP contribution in [0, 0.1) is 0 Å². The molecule has 0 radical (unpaired) electrons. The molecule has 1 aromatic rings. The van der Waals surface area contributed by atoms with Gasteiger partial charge in [-0.3, -0.25) is 4.68 Å². The van der Waals surface area contributed by atoms with Gasteiger partial charge in [-0.15, -0.1) is 0 Å². The first-order valence-electron chi connectivity index (χ1n) is 6.58. The second-order valence-corrected chi connectivity index (χ2v) is 7.03. The van der Waals surface area contributed by atoms with Crippen LogP contribution in [0.25, 0.3) is 0 Å². The van der Waals surface area contributed by atoms with Crippen LogP contribution in [0.2, 0.25) is 0 Å². The quantitative estimate of drug-likeness (QED) is 0.799. The van der Waals surface area contributed by atoms with Gasteiger partial charge in [0.15, 0.2) is 5.82 Å². The normalized spacial score (nSPS) is 12.8. The number of nitrogen functional groups attached to an aromatic ring is 1. The van der Waals surface area contributed by atoms with E-state index in [-0.39, 0.29) is 10.7 Å². The molecule has 0 saturated carbocycles. The van der Waals surface area contributed by atoms with Crippen molar-refractivity contribution in [3.05, 3.63) is 6.20 Å². The number of nitrogens with two attached hydrogens (primary N) is 1. The highest BCUT2D eigenvalue weighted by Crippen LogP contribution is 2.20. The average molecular weight is 288 g/mol. The minimum atomic E-state index is -3.63. The molecular weight excluding hydrogens is 264 g/mol. The molecule has 0 atom stereocenters. The predicted octanol–water partition coefficient (Wildman–Crippen LogP) is 1.73. The maximum Gasteiger partial charge on any atom is 0.246 e. The Morgan fingerprint density at radius 3 is 2.53 bits per heavy atom. The number of aromatic nitrogens is 2. The van der Waals surface area contributed by atoms with Crippen molar-refractivity contribution in [3.8, 4) is 0 Å². The van der Waals surface area contributed by atoms with E-state index >= 15 is 0 Å². The number of sulfonamides is 1. The minimum Gasteiger partial charge on any atom is -0.381 e. The molecule has 19 heavy (non-hydrogen) atoms. The van der Waals surface area contributed by atoms with E-state index in [0.29, 0.717) is 6.54 Å². The van der Waals surface area contributed by atoms with Crippen LogP contribution in [0.3, 0.4) is 0 Å². The minimum absolute atomic E-state index is 0.0493. The van der Waals surface area contributed by atoms with E-state index in [9.17, 15) is 8.42 Å². The number of hydrogen-bond donors (Lipinski definition) is 2. The third-order valence-corrected chi connectivity index (χ3v) is 4.50. The van der Waals surface area contributed by atoms with E-state index < -0.39 is 15.6 Å². The molecule has 3 N–H and O–H groups in total. The van der Waals surface area contributed by atoms with Crippen LogP contribution in [0.15, 0.2) is 11.1 Å². The summed E-state index contributed by atoms with van der Waals surface area (Å²) in [6.07, 6.45) is 4.02. The summed E-state index contributed by atoms with van der Waals surface area (Å²) in [6, 6.07) is 0. The summed E-state index contributed by atoms with van der Waals surface area (Å²) in [5.41, 5.74) is 5.21. The SMILES string of the molecule is CCCn1cc(S(=O)(=O)NC(C)(C)CCC)c(N)n1. The van der Waals surface area contributed by atoms with Crippen molar-refractivity contribution in [1.82, 2.24) is 14.5 Å². The van der Waals surface area contributed by atoms with Crippen molar-refractivity contribution < 1.29 is 8.42 Å². The van der Waals surface area contributed by atoms with Gasteiger partial charge in [-0.25, -0.2) is 13.1 Å². The lowest BCUT2D eigenvalue weighted by Crippen LogP contribution is -2.43. The molecule has 0 spiro atoms. The van der Waals surface area contributed by atoms with Crippen molar-refractivity contribution in [2.75, 3.05) is 5.73 Å². The highest BCUT2D eigenvalue weighted by atomic mass is 32.2. The van der Waals surface area contributed by atoms with Crippen molar-refractivity contribution >= 4 is 15.8 Å². The van der Waals surface area contributed by atoms with Crippen molar-refractivity contribution in [1.29, 1.82) is 0 Å². The lowest BCUT2D eigenvalue weighted by molar-refractivity contribution is 0.418. The Morgan fingerprint density at radius 1 is 1.37 bits per heavy atom. The lowest BCUT2D eigenvalue weighted by atomic mass is 10.0. The monoisotopic (exact) mass is 288 g/mol. The van der Waals surface area contributed by atoms with Gasteiger partial charge in [0.25, 0.3) is 0 Å². The second kappa shape index (κ2) is 5.92. The summed E-state index contributed by atoms with van der Waals surface area (Å²) in [6.45, 7) is 8.39. The summed E-state index contributed by atoms with van der Waals surface area (Å²) < 4.78 is 28.9. The highest BCUT2D eigenvalue weighted by Gasteiger charge is 2.28. The zero-order valence-electron chi connectivity index (χ0n) is 12.1. The number of anilines is 1. The molecule has 0 amide bonds. The summed E-state index contributed by atoms with van der Waals surface area (Å²) in [5.74, 6) is 0.0493. The van der Waals surface area contributed by atoms with Gasteiger partial charge in [0.05, 0.1) is 0 Å². The number of rotatable bonds is 7. The molecular formula is C12H24N4O2S. The molecule has 0 aliphatic carbocycles. The topological polar surface area (TPSA) is 90.0 Å². The Kier molecular flexibility index (Phi) is 4.98. The van der Waals surface area contributed by atoms with Crippen LogP contribution in [0.5, 0.6) is 0 Å². The third-order valence-electron chi connectivity index (χ3n) is 2.78. The van der Waals surface area contributed by atoms with Crippen molar-refractivity contribution in [2.24, 2.45) is 0 Å². The Hall–Kier alpha value is -1.08. The number of aryl methyl sites for hydroxylation is 1. The highest BCUT2D eigenvalue weighted by molar-refractivity contribution is 7.89. The van der Waals surface area contributed by atoms with E-state index in [1.54, 1.807) is 4.68 Å². The van der Waals surface area contributed by atoms with Gasteiger partial charge in [-0.05, 0) is 26.7 Å². The first kappa shape index (κ1) is 16.0.